The molecule has 0 bridgehead atoms. The molecule has 2 aromatic rings. The fourth-order valence-electron chi connectivity index (χ4n) is 1.81. The molecule has 20 heavy (non-hydrogen) atoms. The molecule has 0 saturated carbocycles. The maximum absolute atomic E-state index is 13.9. The first kappa shape index (κ1) is 14.2. The van der Waals surface area contributed by atoms with Crippen molar-refractivity contribution < 1.29 is 13.5 Å². The summed E-state index contributed by atoms with van der Waals surface area (Å²) in [6.07, 6.45) is 2.19. The Morgan fingerprint density at radius 2 is 2.05 bits per heavy atom. The number of hydrogen-bond acceptors (Lipinski definition) is 4. The van der Waals surface area contributed by atoms with Crippen LogP contribution in [0.4, 0.5) is 14.6 Å². The molecule has 0 fully saturated rings. The second-order valence-electron chi connectivity index (χ2n) is 4.16. The van der Waals surface area contributed by atoms with Gasteiger partial charge in [0.2, 0.25) is 0 Å². The number of aromatic nitrogens is 2. The Balaban J connectivity index is 2.53. The maximum Gasteiger partial charge on any atom is 0.187 e. The van der Waals surface area contributed by atoms with Crippen LogP contribution in [0.3, 0.4) is 0 Å². The van der Waals surface area contributed by atoms with Crippen LogP contribution in [0.5, 0.6) is 5.75 Å². The maximum atomic E-state index is 13.9. The van der Waals surface area contributed by atoms with Crippen molar-refractivity contribution >= 4 is 5.82 Å². The van der Waals surface area contributed by atoms with Gasteiger partial charge in [0.25, 0.3) is 0 Å². The van der Waals surface area contributed by atoms with Crippen LogP contribution in [0.1, 0.15) is 13.3 Å². The number of anilines is 1. The fourth-order valence-corrected chi connectivity index (χ4v) is 1.81. The third-order valence-corrected chi connectivity index (χ3v) is 2.73. The van der Waals surface area contributed by atoms with Crippen LogP contribution in [0.2, 0.25) is 0 Å². The lowest BCUT2D eigenvalue weighted by Gasteiger charge is -2.13. The molecule has 4 nitrogen and oxygen atoms in total. The smallest absolute Gasteiger partial charge is 0.187 e. The lowest BCUT2D eigenvalue weighted by Crippen LogP contribution is -2.06. The summed E-state index contributed by atoms with van der Waals surface area (Å²) in [5.74, 6) is -0.344. The molecule has 0 amide bonds. The molecule has 0 aliphatic rings. The zero-order valence-electron chi connectivity index (χ0n) is 11.3. The van der Waals surface area contributed by atoms with E-state index >= 15 is 0 Å². The molecule has 0 spiro atoms. The van der Waals surface area contributed by atoms with E-state index in [-0.39, 0.29) is 11.3 Å². The predicted octanol–water partition coefficient (Wildman–Crippen LogP) is 3.25. The van der Waals surface area contributed by atoms with Gasteiger partial charge in [0.05, 0.1) is 7.11 Å². The summed E-state index contributed by atoms with van der Waals surface area (Å²) in [5, 5.41) is 3.07. The van der Waals surface area contributed by atoms with Gasteiger partial charge in [0.1, 0.15) is 23.7 Å². The summed E-state index contributed by atoms with van der Waals surface area (Å²) in [7, 11) is 1.44. The molecule has 0 atom stereocenters. The number of benzene rings is 1. The van der Waals surface area contributed by atoms with Crippen LogP contribution in [0, 0.1) is 11.6 Å². The molecule has 1 heterocycles. The Kier molecular flexibility index (Phi) is 4.45. The highest BCUT2D eigenvalue weighted by Gasteiger charge is 2.17. The number of halogens is 2. The SMILES string of the molecule is CCCNc1ncnc(-c2cc(F)ccc2F)c1OC. The Morgan fingerprint density at radius 1 is 1.25 bits per heavy atom. The summed E-state index contributed by atoms with van der Waals surface area (Å²) in [4.78, 5) is 8.07. The van der Waals surface area contributed by atoms with Gasteiger partial charge in [-0.05, 0) is 24.6 Å². The second kappa shape index (κ2) is 6.27. The summed E-state index contributed by atoms with van der Waals surface area (Å²) in [5.41, 5.74) is 0.266. The first-order valence-electron chi connectivity index (χ1n) is 6.25. The molecule has 0 aliphatic carbocycles. The normalized spacial score (nSPS) is 10.4. The van der Waals surface area contributed by atoms with Crippen LogP contribution in [-0.2, 0) is 0 Å². The van der Waals surface area contributed by atoms with Gasteiger partial charge in [-0.15, -0.1) is 0 Å². The van der Waals surface area contributed by atoms with Crippen LogP contribution in [0.25, 0.3) is 11.3 Å². The first-order chi connectivity index (χ1) is 9.67. The van der Waals surface area contributed by atoms with Crippen molar-refractivity contribution in [3.8, 4) is 17.0 Å². The quantitative estimate of drug-likeness (QED) is 0.912. The molecule has 6 heteroatoms. The Bertz CT molecular complexity index is 605. The number of hydrogen-bond donors (Lipinski definition) is 1. The predicted molar refractivity (Wildman–Crippen MR) is 72.7 cm³/mol. The van der Waals surface area contributed by atoms with Gasteiger partial charge in [0.15, 0.2) is 11.6 Å². The molecular weight excluding hydrogens is 264 g/mol. The average Bonchev–Trinajstić information content (AvgIpc) is 2.47. The van der Waals surface area contributed by atoms with Crippen molar-refractivity contribution in [1.29, 1.82) is 0 Å². The van der Waals surface area contributed by atoms with Crippen LogP contribution in [0.15, 0.2) is 24.5 Å². The summed E-state index contributed by atoms with van der Waals surface area (Å²) >= 11 is 0. The number of rotatable bonds is 5. The van der Waals surface area contributed by atoms with Crippen molar-refractivity contribution in [3.05, 3.63) is 36.2 Å². The Labute approximate surface area is 115 Å². The number of nitrogens with zero attached hydrogens (tertiary/aromatic N) is 2. The fraction of sp³-hybridized carbons (Fsp3) is 0.286. The zero-order valence-corrected chi connectivity index (χ0v) is 11.3. The topological polar surface area (TPSA) is 47.0 Å². The second-order valence-corrected chi connectivity index (χ2v) is 4.16. The lowest BCUT2D eigenvalue weighted by atomic mass is 10.1. The van der Waals surface area contributed by atoms with Crippen LogP contribution in [-0.4, -0.2) is 23.6 Å². The van der Waals surface area contributed by atoms with Crippen molar-refractivity contribution in [2.24, 2.45) is 0 Å². The minimum atomic E-state index is -0.565. The Morgan fingerprint density at radius 3 is 2.75 bits per heavy atom. The minimum Gasteiger partial charge on any atom is -0.491 e. The van der Waals surface area contributed by atoms with Crippen molar-refractivity contribution in [2.75, 3.05) is 19.0 Å². The third kappa shape index (κ3) is 2.84. The van der Waals surface area contributed by atoms with Gasteiger partial charge in [-0.2, -0.15) is 0 Å². The molecule has 0 unspecified atom stereocenters. The highest BCUT2D eigenvalue weighted by atomic mass is 19.1. The summed E-state index contributed by atoms with van der Waals surface area (Å²) in [6, 6.07) is 3.21. The Hall–Kier alpha value is -2.24. The van der Waals surface area contributed by atoms with Gasteiger partial charge >= 0.3 is 0 Å². The van der Waals surface area contributed by atoms with E-state index in [1.54, 1.807) is 0 Å². The lowest BCUT2D eigenvalue weighted by molar-refractivity contribution is 0.414. The van der Waals surface area contributed by atoms with Gasteiger partial charge in [0, 0.05) is 12.1 Å². The summed E-state index contributed by atoms with van der Waals surface area (Å²) < 4.78 is 32.4. The molecule has 2 rings (SSSR count). The molecule has 1 aromatic carbocycles. The van der Waals surface area contributed by atoms with Gasteiger partial charge < -0.3 is 10.1 Å². The highest BCUT2D eigenvalue weighted by molar-refractivity contribution is 5.72. The largest absolute Gasteiger partial charge is 0.491 e. The van der Waals surface area contributed by atoms with Gasteiger partial charge in [-0.1, -0.05) is 6.92 Å². The number of nitrogens with one attached hydrogen (secondary N) is 1. The van der Waals surface area contributed by atoms with Crippen molar-refractivity contribution in [3.63, 3.8) is 0 Å². The monoisotopic (exact) mass is 279 g/mol. The van der Waals surface area contributed by atoms with E-state index in [4.69, 9.17) is 4.74 Å². The molecular formula is C14H15F2N3O. The molecule has 0 aliphatic heterocycles. The molecule has 0 radical (unpaired) electrons. The molecule has 1 aromatic heterocycles. The van der Waals surface area contributed by atoms with E-state index in [1.807, 2.05) is 6.92 Å². The van der Waals surface area contributed by atoms with Crippen LogP contribution >= 0.6 is 0 Å². The van der Waals surface area contributed by atoms with E-state index in [0.717, 1.165) is 24.6 Å². The first-order valence-corrected chi connectivity index (χ1v) is 6.25. The number of methoxy groups -OCH3 is 1. The highest BCUT2D eigenvalue weighted by Crippen LogP contribution is 2.34. The zero-order chi connectivity index (χ0) is 14.5. The van der Waals surface area contributed by atoms with Gasteiger partial charge in [-0.25, -0.2) is 18.7 Å². The minimum absolute atomic E-state index is 0.0452. The number of ether oxygens (including phenoxy) is 1. The molecule has 0 saturated heterocycles. The van der Waals surface area contributed by atoms with Gasteiger partial charge in [-0.3, -0.25) is 0 Å². The van der Waals surface area contributed by atoms with Crippen molar-refractivity contribution in [2.45, 2.75) is 13.3 Å². The van der Waals surface area contributed by atoms with E-state index < -0.39 is 11.6 Å². The summed E-state index contributed by atoms with van der Waals surface area (Å²) in [6.45, 7) is 2.70. The van der Waals surface area contributed by atoms with Crippen LogP contribution < -0.4 is 10.1 Å². The van der Waals surface area contributed by atoms with E-state index in [1.165, 1.54) is 13.4 Å². The molecule has 106 valence electrons. The van der Waals surface area contributed by atoms with E-state index in [9.17, 15) is 8.78 Å². The molecule has 1 N–H and O–H groups in total. The average molecular weight is 279 g/mol. The standard InChI is InChI=1S/C14H15F2N3O/c1-3-6-17-14-13(20-2)12(18-8-19-14)10-7-9(15)4-5-11(10)16/h4-5,7-8H,3,6H2,1-2H3,(H,17,18,19). The van der Waals surface area contributed by atoms with E-state index in [0.29, 0.717) is 18.1 Å². The van der Waals surface area contributed by atoms with Crippen molar-refractivity contribution in [1.82, 2.24) is 9.97 Å². The van der Waals surface area contributed by atoms with E-state index in [2.05, 4.69) is 15.3 Å². The third-order valence-electron chi connectivity index (χ3n) is 2.73.